The molecule has 5 aromatic rings. The van der Waals surface area contributed by atoms with Crippen LogP contribution >= 0.6 is 12.2 Å². The summed E-state index contributed by atoms with van der Waals surface area (Å²) < 4.78 is 36.2. The number of hydrogen-bond donors (Lipinski definition) is 3. The van der Waals surface area contributed by atoms with Crippen LogP contribution in [0.25, 0.3) is 16.6 Å². The van der Waals surface area contributed by atoms with Crippen LogP contribution in [0.1, 0.15) is 35.5 Å². The summed E-state index contributed by atoms with van der Waals surface area (Å²) in [6, 6.07) is 15.3. The third kappa shape index (κ3) is 4.45. The fourth-order valence-corrected chi connectivity index (χ4v) is 5.29. The first-order valence-corrected chi connectivity index (χ1v) is 13.3. The Morgan fingerprint density at radius 3 is 2.50 bits per heavy atom. The molecule has 3 aromatic carbocycles. The van der Waals surface area contributed by atoms with Crippen molar-refractivity contribution in [1.29, 1.82) is 0 Å². The molecule has 9 nitrogen and oxygen atoms in total. The summed E-state index contributed by atoms with van der Waals surface area (Å²) in [5, 5.41) is 7.72. The van der Waals surface area contributed by atoms with E-state index in [0.717, 1.165) is 10.5 Å². The molecule has 1 amide bonds. The number of amides is 1. The van der Waals surface area contributed by atoms with Gasteiger partial charge in [0.25, 0.3) is 5.91 Å². The quantitative estimate of drug-likeness (QED) is 0.177. The van der Waals surface area contributed by atoms with Crippen LogP contribution < -0.4 is 20.7 Å². The molecule has 1 aliphatic heterocycles. The minimum Gasteiger partial charge on any atom is -0.454 e. The maximum Gasteiger partial charge on any atom is 0.258 e. The summed E-state index contributed by atoms with van der Waals surface area (Å²) in [4.78, 5) is 30.4. The number of thiocarbonyl (C=S) groups is 1. The number of aromatic amines is 1. The van der Waals surface area contributed by atoms with Gasteiger partial charge in [0.15, 0.2) is 16.7 Å². The van der Waals surface area contributed by atoms with E-state index in [1.54, 1.807) is 44.2 Å². The summed E-state index contributed by atoms with van der Waals surface area (Å²) in [5.74, 6) is -1.39. The van der Waals surface area contributed by atoms with Gasteiger partial charge in [-0.05, 0) is 87.1 Å². The third-order valence-electron chi connectivity index (χ3n) is 7.05. The predicted molar refractivity (Wildman–Crippen MR) is 158 cm³/mol. The number of nitrogens with two attached hydrogens (primary N) is 1. The van der Waals surface area contributed by atoms with E-state index in [-0.39, 0.29) is 33.6 Å². The number of nitrogen functional groups attached to an aromatic ring is 1. The molecule has 212 valence electrons. The molecular weight excluding hydrogens is 562 g/mol. The SMILES string of the molecule is Cc1cc(Oc2ccccc2F)ccc1-n1ncc(C(=O)c2cc3cc(F)c(N4C(=O)C(C)(C)NC4=S)cc3[nH]2)c1N. The van der Waals surface area contributed by atoms with Crippen LogP contribution in [0.15, 0.2) is 66.9 Å². The zero-order valence-electron chi connectivity index (χ0n) is 22.7. The van der Waals surface area contributed by atoms with Crippen LogP contribution in [0, 0.1) is 18.6 Å². The standard InChI is InChI=1S/C30H24F2N6O3S/c1-15-10-17(41-25-7-5-4-6-19(25)31)8-9-23(15)38-27(33)18(14-34-38)26(39)22-12-16-11-20(32)24(13-21(16)35-22)37-28(40)30(2,3)36-29(37)42/h4-14,35H,33H2,1-3H3,(H,36,42). The Kier molecular flexibility index (Phi) is 6.30. The Hall–Kier alpha value is -5.10. The molecule has 1 aliphatic rings. The number of fused-ring (bicyclic) bond motifs is 1. The van der Waals surface area contributed by atoms with Crippen LogP contribution in [0.4, 0.5) is 20.3 Å². The van der Waals surface area contributed by atoms with Crippen molar-refractivity contribution in [3.05, 3.63) is 95.3 Å². The molecule has 0 atom stereocenters. The molecule has 6 rings (SSSR count). The fourth-order valence-electron chi connectivity index (χ4n) is 4.86. The van der Waals surface area contributed by atoms with Gasteiger partial charge in [-0.15, -0.1) is 0 Å². The Morgan fingerprint density at radius 2 is 1.81 bits per heavy atom. The van der Waals surface area contributed by atoms with Gasteiger partial charge in [-0.3, -0.25) is 14.5 Å². The van der Waals surface area contributed by atoms with Crippen molar-refractivity contribution in [3.63, 3.8) is 0 Å². The van der Waals surface area contributed by atoms with Crippen LogP contribution in [0.3, 0.4) is 0 Å². The van der Waals surface area contributed by atoms with E-state index in [4.69, 9.17) is 22.7 Å². The van der Waals surface area contributed by atoms with Crippen molar-refractivity contribution in [2.45, 2.75) is 26.3 Å². The number of anilines is 2. The number of aromatic nitrogens is 3. The molecule has 0 unspecified atom stereocenters. The summed E-state index contributed by atoms with van der Waals surface area (Å²) in [6.45, 7) is 5.12. The van der Waals surface area contributed by atoms with Gasteiger partial charge in [0, 0.05) is 10.9 Å². The largest absolute Gasteiger partial charge is 0.454 e. The number of aryl methyl sites for hydroxylation is 1. The van der Waals surface area contributed by atoms with Crippen molar-refractivity contribution in [2.75, 3.05) is 10.6 Å². The van der Waals surface area contributed by atoms with E-state index >= 15 is 4.39 Å². The Bertz CT molecular complexity index is 1950. The van der Waals surface area contributed by atoms with Crippen LogP contribution in [-0.4, -0.2) is 37.1 Å². The highest BCUT2D eigenvalue weighted by molar-refractivity contribution is 7.80. The lowest BCUT2D eigenvalue weighted by molar-refractivity contribution is -0.121. The molecule has 12 heteroatoms. The highest BCUT2D eigenvalue weighted by atomic mass is 32.1. The molecule has 0 bridgehead atoms. The number of ketones is 1. The molecule has 2 aromatic heterocycles. The van der Waals surface area contributed by atoms with E-state index in [1.807, 2.05) is 6.92 Å². The Morgan fingerprint density at radius 1 is 1.05 bits per heavy atom. The second-order valence-corrected chi connectivity index (χ2v) is 10.8. The number of carbonyl (C=O) groups is 2. The number of nitrogens with one attached hydrogen (secondary N) is 2. The van der Waals surface area contributed by atoms with Gasteiger partial charge in [-0.25, -0.2) is 13.5 Å². The first-order valence-electron chi connectivity index (χ1n) is 12.8. The molecule has 42 heavy (non-hydrogen) atoms. The van der Waals surface area contributed by atoms with E-state index in [2.05, 4.69) is 15.4 Å². The zero-order valence-corrected chi connectivity index (χ0v) is 23.5. The molecule has 0 saturated carbocycles. The number of ether oxygens (including phenoxy) is 1. The van der Waals surface area contributed by atoms with Crippen molar-refractivity contribution in [3.8, 4) is 17.2 Å². The fraction of sp³-hybridized carbons (Fsp3) is 0.133. The van der Waals surface area contributed by atoms with Crippen molar-refractivity contribution >= 4 is 51.4 Å². The highest BCUT2D eigenvalue weighted by Gasteiger charge is 2.43. The van der Waals surface area contributed by atoms with Gasteiger partial charge in [0.1, 0.15) is 22.9 Å². The molecule has 0 aliphatic carbocycles. The topological polar surface area (TPSA) is 118 Å². The lowest BCUT2D eigenvalue weighted by Gasteiger charge is -2.17. The number of hydrogen-bond acceptors (Lipinski definition) is 6. The zero-order chi connectivity index (χ0) is 29.9. The normalized spacial score (nSPS) is 14.5. The van der Waals surface area contributed by atoms with Crippen molar-refractivity contribution in [1.82, 2.24) is 20.1 Å². The first kappa shape index (κ1) is 27.1. The average Bonchev–Trinajstić information content (AvgIpc) is 3.58. The van der Waals surface area contributed by atoms with E-state index in [0.29, 0.717) is 22.3 Å². The molecule has 1 fully saturated rings. The predicted octanol–water partition coefficient (Wildman–Crippen LogP) is 5.55. The molecule has 0 radical (unpaired) electrons. The smallest absolute Gasteiger partial charge is 0.258 e. The van der Waals surface area contributed by atoms with E-state index in [9.17, 15) is 14.0 Å². The second-order valence-electron chi connectivity index (χ2n) is 10.4. The molecule has 1 saturated heterocycles. The second kappa shape index (κ2) is 9.77. The summed E-state index contributed by atoms with van der Waals surface area (Å²) in [5.41, 5.74) is 7.41. The number of halogens is 2. The molecule has 4 N–H and O–H groups in total. The maximum atomic E-state index is 15.1. The summed E-state index contributed by atoms with van der Waals surface area (Å²) >= 11 is 5.27. The van der Waals surface area contributed by atoms with Gasteiger partial charge >= 0.3 is 0 Å². The molecule has 0 spiro atoms. The van der Waals surface area contributed by atoms with E-state index < -0.39 is 28.9 Å². The van der Waals surface area contributed by atoms with Crippen molar-refractivity contribution < 1.29 is 23.1 Å². The van der Waals surface area contributed by atoms with Crippen LogP contribution in [0.5, 0.6) is 11.5 Å². The number of nitrogens with zero attached hydrogens (tertiary/aromatic N) is 3. The lowest BCUT2D eigenvalue weighted by atomic mass is 10.1. The van der Waals surface area contributed by atoms with Gasteiger partial charge in [0.05, 0.1) is 28.8 Å². The van der Waals surface area contributed by atoms with Gasteiger partial charge in [-0.2, -0.15) is 5.10 Å². The first-order chi connectivity index (χ1) is 19.9. The van der Waals surface area contributed by atoms with Gasteiger partial charge < -0.3 is 20.8 Å². The number of para-hydroxylation sites is 1. The average molecular weight is 587 g/mol. The van der Waals surface area contributed by atoms with Gasteiger partial charge in [0.2, 0.25) is 5.78 Å². The monoisotopic (exact) mass is 586 g/mol. The number of H-pyrrole nitrogens is 1. The summed E-state index contributed by atoms with van der Waals surface area (Å²) in [6.07, 6.45) is 1.35. The maximum absolute atomic E-state index is 15.1. The summed E-state index contributed by atoms with van der Waals surface area (Å²) in [7, 11) is 0. The Labute approximate surface area is 243 Å². The van der Waals surface area contributed by atoms with E-state index in [1.165, 1.54) is 41.2 Å². The van der Waals surface area contributed by atoms with Crippen LogP contribution in [-0.2, 0) is 4.79 Å². The minimum absolute atomic E-state index is 0.0262. The lowest BCUT2D eigenvalue weighted by Crippen LogP contribution is -2.40. The van der Waals surface area contributed by atoms with Crippen molar-refractivity contribution in [2.24, 2.45) is 0 Å². The minimum atomic E-state index is -0.974. The highest BCUT2D eigenvalue weighted by Crippen LogP contribution is 2.33. The van der Waals surface area contributed by atoms with Crippen LogP contribution in [0.2, 0.25) is 0 Å². The number of carbonyl (C=O) groups excluding carboxylic acids is 2. The number of benzene rings is 3. The van der Waals surface area contributed by atoms with Gasteiger partial charge in [-0.1, -0.05) is 12.1 Å². The molecule has 3 heterocycles. The third-order valence-corrected chi connectivity index (χ3v) is 7.33. The molecular formula is C30H24F2N6O3S. The number of rotatable bonds is 6. The Balaban J connectivity index is 1.29.